The zero-order valence-electron chi connectivity index (χ0n) is 10.0. The first kappa shape index (κ1) is 12.5. The topological polar surface area (TPSA) is 42.4 Å². The van der Waals surface area contributed by atoms with Gasteiger partial charge >= 0.3 is 0 Å². The summed E-state index contributed by atoms with van der Waals surface area (Å²) in [6.07, 6.45) is 2.65. The maximum Gasteiger partial charge on any atom is 0.132 e. The van der Waals surface area contributed by atoms with Gasteiger partial charge in [0.05, 0.1) is 18.8 Å². The Morgan fingerprint density at radius 2 is 2.17 bits per heavy atom. The van der Waals surface area contributed by atoms with Crippen LogP contribution in [0.3, 0.4) is 0 Å². The third-order valence-corrected chi connectivity index (χ3v) is 2.72. The van der Waals surface area contributed by atoms with E-state index in [0.717, 1.165) is 5.56 Å². The summed E-state index contributed by atoms with van der Waals surface area (Å²) < 4.78 is 18.8. The Labute approximate surface area is 105 Å². The van der Waals surface area contributed by atoms with E-state index >= 15 is 0 Å². The average molecular weight is 247 g/mol. The van der Waals surface area contributed by atoms with Crippen LogP contribution in [-0.2, 0) is 6.42 Å². The first-order valence-corrected chi connectivity index (χ1v) is 5.61. The van der Waals surface area contributed by atoms with Gasteiger partial charge in [-0.2, -0.15) is 0 Å². The molecule has 3 nitrogen and oxygen atoms in total. The molecule has 0 aliphatic heterocycles. The molecule has 1 aromatic carbocycles. The number of rotatable bonds is 4. The molecule has 1 N–H and O–H groups in total. The highest BCUT2D eigenvalue weighted by Crippen LogP contribution is 2.29. The Kier molecular flexibility index (Phi) is 3.89. The van der Waals surface area contributed by atoms with E-state index in [2.05, 4.69) is 4.98 Å². The summed E-state index contributed by atoms with van der Waals surface area (Å²) in [5.74, 6) is -0.114. The number of methoxy groups -OCH3 is 1. The fraction of sp³-hybridized carbons (Fsp3) is 0.214. The van der Waals surface area contributed by atoms with Crippen LogP contribution in [0.1, 0.15) is 17.2 Å². The van der Waals surface area contributed by atoms with Gasteiger partial charge in [0, 0.05) is 18.8 Å². The Balaban J connectivity index is 2.26. The molecular formula is C14H14FNO2. The molecule has 1 unspecified atom stereocenters. The van der Waals surface area contributed by atoms with Crippen LogP contribution in [0.25, 0.3) is 0 Å². The summed E-state index contributed by atoms with van der Waals surface area (Å²) >= 11 is 0. The molecule has 0 saturated heterocycles. The summed E-state index contributed by atoms with van der Waals surface area (Å²) in [4.78, 5) is 3.96. The van der Waals surface area contributed by atoms with Crippen LogP contribution in [0, 0.1) is 5.82 Å². The highest BCUT2D eigenvalue weighted by atomic mass is 19.1. The van der Waals surface area contributed by atoms with Crippen molar-refractivity contribution in [2.75, 3.05) is 7.11 Å². The number of aliphatic hydroxyl groups is 1. The standard InChI is InChI=1S/C14H14FNO2/c1-18-13-6-2-5-11(15)14(13)12(17)8-10-4-3-7-16-9-10/h2-7,9,12,17H,8H2,1H3. The molecule has 2 rings (SSSR count). The van der Waals surface area contributed by atoms with Crippen molar-refractivity contribution >= 4 is 0 Å². The van der Waals surface area contributed by atoms with Gasteiger partial charge in [0.15, 0.2) is 0 Å². The van der Waals surface area contributed by atoms with Gasteiger partial charge in [-0.15, -0.1) is 0 Å². The average Bonchev–Trinajstić information content (AvgIpc) is 2.39. The predicted molar refractivity (Wildman–Crippen MR) is 65.9 cm³/mol. The lowest BCUT2D eigenvalue weighted by molar-refractivity contribution is 0.169. The van der Waals surface area contributed by atoms with E-state index in [1.165, 1.54) is 13.2 Å². The molecule has 0 radical (unpaired) electrons. The highest BCUT2D eigenvalue weighted by molar-refractivity contribution is 5.37. The molecule has 1 atom stereocenters. The molecule has 0 fully saturated rings. The molecular weight excluding hydrogens is 233 g/mol. The second-order valence-electron chi connectivity index (χ2n) is 3.94. The van der Waals surface area contributed by atoms with Crippen LogP contribution < -0.4 is 4.74 Å². The number of nitrogens with zero attached hydrogens (tertiary/aromatic N) is 1. The van der Waals surface area contributed by atoms with E-state index in [-0.39, 0.29) is 5.56 Å². The molecule has 18 heavy (non-hydrogen) atoms. The number of aromatic nitrogens is 1. The van der Waals surface area contributed by atoms with Gasteiger partial charge in [0.1, 0.15) is 11.6 Å². The largest absolute Gasteiger partial charge is 0.496 e. The fourth-order valence-electron chi connectivity index (χ4n) is 1.86. The summed E-state index contributed by atoms with van der Waals surface area (Å²) in [5, 5.41) is 10.1. The van der Waals surface area contributed by atoms with E-state index in [9.17, 15) is 9.50 Å². The van der Waals surface area contributed by atoms with Crippen molar-refractivity contribution in [2.24, 2.45) is 0 Å². The van der Waals surface area contributed by atoms with Crippen molar-refractivity contribution in [3.63, 3.8) is 0 Å². The van der Waals surface area contributed by atoms with Gasteiger partial charge in [-0.1, -0.05) is 12.1 Å². The lowest BCUT2D eigenvalue weighted by atomic mass is 10.0. The van der Waals surface area contributed by atoms with Gasteiger partial charge in [-0.25, -0.2) is 4.39 Å². The molecule has 0 aliphatic rings. The van der Waals surface area contributed by atoms with Crippen molar-refractivity contribution in [3.8, 4) is 5.75 Å². The van der Waals surface area contributed by atoms with Crippen LogP contribution in [0.5, 0.6) is 5.75 Å². The minimum absolute atomic E-state index is 0.184. The quantitative estimate of drug-likeness (QED) is 0.902. The SMILES string of the molecule is COc1cccc(F)c1C(O)Cc1cccnc1. The molecule has 1 aromatic heterocycles. The van der Waals surface area contributed by atoms with E-state index in [4.69, 9.17) is 4.74 Å². The summed E-state index contributed by atoms with van der Waals surface area (Å²) in [7, 11) is 1.45. The van der Waals surface area contributed by atoms with E-state index < -0.39 is 11.9 Å². The Bertz CT molecular complexity index is 516. The number of aliphatic hydroxyl groups excluding tert-OH is 1. The van der Waals surface area contributed by atoms with Crippen LogP contribution in [-0.4, -0.2) is 17.2 Å². The number of halogens is 1. The Hall–Kier alpha value is -1.94. The van der Waals surface area contributed by atoms with Crippen molar-refractivity contribution in [2.45, 2.75) is 12.5 Å². The first-order chi connectivity index (χ1) is 8.72. The normalized spacial score (nSPS) is 12.2. The number of benzene rings is 1. The van der Waals surface area contributed by atoms with Gasteiger partial charge < -0.3 is 9.84 Å². The number of ether oxygens (including phenoxy) is 1. The number of hydrogen-bond acceptors (Lipinski definition) is 3. The molecule has 0 bridgehead atoms. The molecule has 0 aliphatic carbocycles. The number of hydrogen-bond donors (Lipinski definition) is 1. The zero-order chi connectivity index (χ0) is 13.0. The molecule has 0 spiro atoms. The summed E-state index contributed by atoms with van der Waals surface area (Å²) in [6.45, 7) is 0. The molecule has 2 aromatic rings. The van der Waals surface area contributed by atoms with Gasteiger partial charge in [-0.3, -0.25) is 4.98 Å². The second kappa shape index (κ2) is 5.60. The minimum atomic E-state index is -0.953. The predicted octanol–water partition coefficient (Wildman–Crippen LogP) is 2.51. The molecule has 94 valence electrons. The smallest absolute Gasteiger partial charge is 0.132 e. The third kappa shape index (κ3) is 2.65. The summed E-state index contributed by atoms with van der Waals surface area (Å²) in [6, 6.07) is 8.10. The summed E-state index contributed by atoms with van der Waals surface area (Å²) in [5.41, 5.74) is 1.03. The Morgan fingerprint density at radius 1 is 1.33 bits per heavy atom. The Morgan fingerprint density at radius 3 is 2.83 bits per heavy atom. The van der Waals surface area contributed by atoms with Gasteiger partial charge in [-0.05, 0) is 23.8 Å². The second-order valence-corrected chi connectivity index (χ2v) is 3.94. The highest BCUT2D eigenvalue weighted by Gasteiger charge is 2.18. The number of pyridine rings is 1. The maximum atomic E-state index is 13.7. The molecule has 4 heteroatoms. The lowest BCUT2D eigenvalue weighted by Crippen LogP contribution is -2.07. The molecule has 0 amide bonds. The third-order valence-electron chi connectivity index (χ3n) is 2.72. The molecule has 1 heterocycles. The van der Waals surface area contributed by atoms with Crippen LogP contribution in [0.15, 0.2) is 42.7 Å². The maximum absolute atomic E-state index is 13.7. The van der Waals surface area contributed by atoms with Crippen molar-refractivity contribution in [1.29, 1.82) is 0 Å². The van der Waals surface area contributed by atoms with Crippen LogP contribution >= 0.6 is 0 Å². The lowest BCUT2D eigenvalue weighted by Gasteiger charge is -2.15. The zero-order valence-corrected chi connectivity index (χ0v) is 10.0. The van der Waals surface area contributed by atoms with Crippen LogP contribution in [0.2, 0.25) is 0 Å². The van der Waals surface area contributed by atoms with E-state index in [1.54, 1.807) is 30.6 Å². The minimum Gasteiger partial charge on any atom is -0.496 e. The van der Waals surface area contributed by atoms with Crippen molar-refractivity contribution in [1.82, 2.24) is 4.98 Å². The first-order valence-electron chi connectivity index (χ1n) is 5.61. The van der Waals surface area contributed by atoms with Crippen molar-refractivity contribution in [3.05, 3.63) is 59.7 Å². The van der Waals surface area contributed by atoms with E-state index in [1.807, 2.05) is 6.07 Å². The monoisotopic (exact) mass is 247 g/mol. The fourth-order valence-corrected chi connectivity index (χ4v) is 1.86. The van der Waals surface area contributed by atoms with Crippen molar-refractivity contribution < 1.29 is 14.2 Å². The van der Waals surface area contributed by atoms with Gasteiger partial charge in [0.25, 0.3) is 0 Å². The van der Waals surface area contributed by atoms with E-state index in [0.29, 0.717) is 12.2 Å². The van der Waals surface area contributed by atoms with Crippen LogP contribution in [0.4, 0.5) is 4.39 Å². The molecule has 0 saturated carbocycles. The van der Waals surface area contributed by atoms with Gasteiger partial charge in [0.2, 0.25) is 0 Å².